The molecule has 0 radical (unpaired) electrons. The van der Waals surface area contributed by atoms with Gasteiger partial charge < -0.3 is 15.8 Å². The lowest BCUT2D eigenvalue weighted by Gasteiger charge is -2.13. The number of nitrogen functional groups attached to an aromatic ring is 1. The number of nitrogens with one attached hydrogen (secondary N) is 1. The Morgan fingerprint density at radius 1 is 1.40 bits per heavy atom. The molecule has 3 N–H and O–H groups in total. The van der Waals surface area contributed by atoms with Crippen LogP contribution in [-0.4, -0.2) is 18.6 Å². The molecular formula is C15H18N2O2S. The smallest absolute Gasteiger partial charge is 0.253 e. The molecular weight excluding hydrogens is 272 g/mol. The summed E-state index contributed by atoms with van der Waals surface area (Å²) in [4.78, 5) is 13.2. The molecule has 1 unspecified atom stereocenters. The predicted molar refractivity (Wildman–Crippen MR) is 82.9 cm³/mol. The third kappa shape index (κ3) is 4.36. The summed E-state index contributed by atoms with van der Waals surface area (Å²) in [6, 6.07) is 11.2. The molecule has 4 nitrogen and oxygen atoms in total. The van der Waals surface area contributed by atoms with Gasteiger partial charge in [-0.3, -0.25) is 4.79 Å². The van der Waals surface area contributed by atoms with Crippen molar-refractivity contribution in [3.05, 3.63) is 46.7 Å². The topological polar surface area (TPSA) is 64.3 Å². The van der Waals surface area contributed by atoms with Gasteiger partial charge in [-0.2, -0.15) is 0 Å². The SMILES string of the molecule is CC(OCCc1cccs1)C(=O)Nc1cccc(N)c1. The van der Waals surface area contributed by atoms with Gasteiger partial charge in [-0.25, -0.2) is 0 Å². The molecule has 2 rings (SSSR count). The highest BCUT2D eigenvalue weighted by molar-refractivity contribution is 7.09. The van der Waals surface area contributed by atoms with Gasteiger partial charge in [0.2, 0.25) is 0 Å². The summed E-state index contributed by atoms with van der Waals surface area (Å²) in [7, 11) is 0. The zero-order chi connectivity index (χ0) is 14.4. The Bertz CT molecular complexity index is 555. The highest BCUT2D eigenvalue weighted by atomic mass is 32.1. The Hall–Kier alpha value is -1.85. The van der Waals surface area contributed by atoms with Gasteiger partial charge in [0.1, 0.15) is 6.10 Å². The zero-order valence-electron chi connectivity index (χ0n) is 11.3. The van der Waals surface area contributed by atoms with Crippen LogP contribution in [0.25, 0.3) is 0 Å². The molecule has 2 aromatic rings. The molecule has 1 aromatic carbocycles. The number of carbonyl (C=O) groups excluding carboxylic acids is 1. The molecule has 106 valence electrons. The normalized spacial score (nSPS) is 12.1. The fourth-order valence-corrected chi connectivity index (χ4v) is 2.42. The molecule has 0 bridgehead atoms. The van der Waals surface area contributed by atoms with Crippen molar-refractivity contribution in [1.82, 2.24) is 0 Å². The first-order chi connectivity index (χ1) is 9.65. The lowest BCUT2D eigenvalue weighted by atomic mass is 10.2. The number of ether oxygens (including phenoxy) is 1. The number of amides is 1. The number of carbonyl (C=O) groups is 1. The molecule has 20 heavy (non-hydrogen) atoms. The summed E-state index contributed by atoms with van der Waals surface area (Å²) in [5, 5.41) is 4.82. The average Bonchev–Trinajstić information content (AvgIpc) is 2.91. The van der Waals surface area contributed by atoms with Crippen LogP contribution in [0.3, 0.4) is 0 Å². The predicted octanol–water partition coefficient (Wildman–Crippen LogP) is 2.92. The van der Waals surface area contributed by atoms with E-state index in [1.54, 1.807) is 42.5 Å². The van der Waals surface area contributed by atoms with Gasteiger partial charge in [0, 0.05) is 22.7 Å². The Balaban J connectivity index is 1.77. The number of thiophene rings is 1. The van der Waals surface area contributed by atoms with Crippen LogP contribution in [0.5, 0.6) is 0 Å². The first kappa shape index (κ1) is 14.6. The second-order valence-corrected chi connectivity index (χ2v) is 5.49. The van der Waals surface area contributed by atoms with Gasteiger partial charge in [-0.05, 0) is 36.6 Å². The van der Waals surface area contributed by atoms with E-state index in [2.05, 4.69) is 11.4 Å². The van der Waals surface area contributed by atoms with Crippen molar-refractivity contribution >= 4 is 28.6 Å². The second kappa shape index (κ2) is 7.07. The summed E-state index contributed by atoms with van der Waals surface area (Å²) in [6.45, 7) is 2.28. The number of benzene rings is 1. The van der Waals surface area contributed by atoms with Crippen molar-refractivity contribution in [2.45, 2.75) is 19.4 Å². The van der Waals surface area contributed by atoms with E-state index < -0.39 is 6.10 Å². The summed E-state index contributed by atoms with van der Waals surface area (Å²) in [6.07, 6.45) is 0.338. The van der Waals surface area contributed by atoms with E-state index in [1.807, 2.05) is 11.4 Å². The Kier molecular flexibility index (Phi) is 5.15. The van der Waals surface area contributed by atoms with E-state index in [9.17, 15) is 4.79 Å². The Morgan fingerprint density at radius 3 is 2.95 bits per heavy atom. The standard InChI is InChI=1S/C15H18N2O2S/c1-11(19-8-7-14-6-3-9-20-14)15(18)17-13-5-2-4-12(16)10-13/h2-6,9-11H,7-8,16H2,1H3,(H,17,18). The third-order valence-electron chi connectivity index (χ3n) is 2.82. The zero-order valence-corrected chi connectivity index (χ0v) is 12.2. The minimum Gasteiger partial charge on any atom is -0.399 e. The van der Waals surface area contributed by atoms with Crippen LogP contribution in [0.4, 0.5) is 11.4 Å². The van der Waals surface area contributed by atoms with Crippen molar-refractivity contribution in [2.24, 2.45) is 0 Å². The highest BCUT2D eigenvalue weighted by Gasteiger charge is 2.13. The minimum absolute atomic E-state index is 0.165. The highest BCUT2D eigenvalue weighted by Crippen LogP contribution is 2.13. The summed E-state index contributed by atoms with van der Waals surface area (Å²) in [5.41, 5.74) is 6.97. The Labute approximate surface area is 122 Å². The number of nitrogens with two attached hydrogens (primary N) is 1. The van der Waals surface area contributed by atoms with Crippen LogP contribution in [0.2, 0.25) is 0 Å². The second-order valence-electron chi connectivity index (χ2n) is 4.46. The summed E-state index contributed by atoms with van der Waals surface area (Å²) < 4.78 is 5.54. The number of rotatable bonds is 6. The summed E-state index contributed by atoms with van der Waals surface area (Å²) >= 11 is 1.69. The molecule has 1 heterocycles. The molecule has 1 aromatic heterocycles. The van der Waals surface area contributed by atoms with Gasteiger partial charge >= 0.3 is 0 Å². The maximum absolute atomic E-state index is 11.9. The van der Waals surface area contributed by atoms with Gasteiger partial charge in [0.05, 0.1) is 6.61 Å². The van der Waals surface area contributed by atoms with Crippen molar-refractivity contribution in [3.63, 3.8) is 0 Å². The largest absolute Gasteiger partial charge is 0.399 e. The fourth-order valence-electron chi connectivity index (χ4n) is 1.73. The van der Waals surface area contributed by atoms with Crippen molar-refractivity contribution in [2.75, 3.05) is 17.7 Å². The number of hydrogen-bond acceptors (Lipinski definition) is 4. The van der Waals surface area contributed by atoms with E-state index in [0.29, 0.717) is 18.0 Å². The molecule has 5 heteroatoms. The maximum Gasteiger partial charge on any atom is 0.253 e. The lowest BCUT2D eigenvalue weighted by molar-refractivity contribution is -0.126. The third-order valence-corrected chi connectivity index (χ3v) is 3.76. The van der Waals surface area contributed by atoms with Gasteiger partial charge in [-0.15, -0.1) is 11.3 Å². The molecule has 0 aliphatic heterocycles. The van der Waals surface area contributed by atoms with Crippen LogP contribution >= 0.6 is 11.3 Å². The van der Waals surface area contributed by atoms with Crippen LogP contribution in [0.15, 0.2) is 41.8 Å². The minimum atomic E-state index is -0.489. The number of hydrogen-bond donors (Lipinski definition) is 2. The molecule has 0 saturated heterocycles. The Morgan fingerprint density at radius 2 is 2.25 bits per heavy atom. The van der Waals surface area contributed by atoms with E-state index in [0.717, 1.165) is 6.42 Å². The van der Waals surface area contributed by atoms with Crippen molar-refractivity contribution < 1.29 is 9.53 Å². The van der Waals surface area contributed by atoms with Crippen LogP contribution in [0, 0.1) is 0 Å². The van der Waals surface area contributed by atoms with Crippen molar-refractivity contribution in [1.29, 1.82) is 0 Å². The van der Waals surface area contributed by atoms with Crippen LogP contribution < -0.4 is 11.1 Å². The monoisotopic (exact) mass is 290 g/mol. The quantitative estimate of drug-likeness (QED) is 0.804. The van der Waals surface area contributed by atoms with E-state index in [4.69, 9.17) is 10.5 Å². The van der Waals surface area contributed by atoms with E-state index >= 15 is 0 Å². The maximum atomic E-state index is 11.9. The molecule has 0 aliphatic carbocycles. The van der Waals surface area contributed by atoms with Gasteiger partial charge in [0.25, 0.3) is 5.91 Å². The van der Waals surface area contributed by atoms with Gasteiger partial charge in [0.15, 0.2) is 0 Å². The molecule has 1 amide bonds. The van der Waals surface area contributed by atoms with E-state index in [1.165, 1.54) is 4.88 Å². The van der Waals surface area contributed by atoms with E-state index in [-0.39, 0.29) is 5.91 Å². The number of anilines is 2. The molecule has 1 atom stereocenters. The summed E-state index contributed by atoms with van der Waals surface area (Å²) in [5.74, 6) is -0.165. The molecule has 0 fully saturated rings. The van der Waals surface area contributed by atoms with Crippen LogP contribution in [-0.2, 0) is 16.0 Å². The van der Waals surface area contributed by atoms with Crippen LogP contribution in [0.1, 0.15) is 11.8 Å². The molecule has 0 spiro atoms. The van der Waals surface area contributed by atoms with Gasteiger partial charge in [-0.1, -0.05) is 12.1 Å². The molecule has 0 aliphatic rings. The lowest BCUT2D eigenvalue weighted by Crippen LogP contribution is -2.28. The van der Waals surface area contributed by atoms with Crippen molar-refractivity contribution in [3.8, 4) is 0 Å². The first-order valence-electron chi connectivity index (χ1n) is 6.45. The first-order valence-corrected chi connectivity index (χ1v) is 7.33. The fraction of sp³-hybridized carbons (Fsp3) is 0.267. The average molecular weight is 290 g/mol. The molecule has 0 saturated carbocycles.